The third-order valence-corrected chi connectivity index (χ3v) is 6.21. The first kappa shape index (κ1) is 22.8. The van der Waals surface area contributed by atoms with Crippen molar-refractivity contribution in [2.75, 3.05) is 19.7 Å². The van der Waals surface area contributed by atoms with Crippen molar-refractivity contribution in [1.29, 1.82) is 0 Å². The van der Waals surface area contributed by atoms with Crippen molar-refractivity contribution < 1.29 is 18.7 Å². The Morgan fingerprint density at radius 3 is 2.46 bits per heavy atom. The summed E-state index contributed by atoms with van der Waals surface area (Å²) in [5.74, 6) is -0.541. The molecule has 3 aromatic carbocycles. The molecule has 1 aliphatic rings. The number of para-hydroxylation sites is 2. The molecule has 0 saturated carbocycles. The maximum Gasteiger partial charge on any atom is 0.339 e. The van der Waals surface area contributed by atoms with Gasteiger partial charge in [0.1, 0.15) is 5.52 Å². The molecule has 2 heterocycles. The van der Waals surface area contributed by atoms with E-state index in [4.69, 9.17) is 9.15 Å². The fraction of sp³-hybridized carbons (Fsp3) is 0.250. The number of aromatic nitrogens is 1. The number of oxazole rings is 1. The van der Waals surface area contributed by atoms with Crippen LogP contribution in [0.25, 0.3) is 22.6 Å². The number of carbonyl (C=O) groups is 2. The lowest BCUT2D eigenvalue weighted by Crippen LogP contribution is -2.45. The van der Waals surface area contributed by atoms with E-state index in [0.717, 1.165) is 32.5 Å². The summed E-state index contributed by atoms with van der Waals surface area (Å²) in [7, 11) is 0. The molecule has 1 aliphatic heterocycles. The van der Waals surface area contributed by atoms with Crippen LogP contribution in [-0.2, 0) is 16.1 Å². The minimum Gasteiger partial charge on any atom is -0.452 e. The van der Waals surface area contributed by atoms with Crippen LogP contribution in [-0.4, -0.2) is 47.5 Å². The lowest BCUT2D eigenvalue weighted by atomic mass is 10.0. The zero-order valence-electron chi connectivity index (χ0n) is 19.4. The van der Waals surface area contributed by atoms with Gasteiger partial charge in [-0.25, -0.2) is 9.78 Å². The van der Waals surface area contributed by atoms with Crippen molar-refractivity contribution in [3.05, 3.63) is 90.0 Å². The first-order valence-electron chi connectivity index (χ1n) is 11.8. The Morgan fingerprint density at radius 2 is 1.66 bits per heavy atom. The Morgan fingerprint density at radius 1 is 0.943 bits per heavy atom. The van der Waals surface area contributed by atoms with Gasteiger partial charge in [0.05, 0.1) is 11.1 Å². The van der Waals surface area contributed by atoms with Gasteiger partial charge in [-0.2, -0.15) is 0 Å². The van der Waals surface area contributed by atoms with E-state index in [9.17, 15) is 9.59 Å². The summed E-state index contributed by atoms with van der Waals surface area (Å²) in [6, 6.07) is 24.8. The fourth-order valence-corrected chi connectivity index (χ4v) is 4.39. The van der Waals surface area contributed by atoms with Crippen LogP contribution in [0.15, 0.2) is 83.3 Å². The Bertz CT molecular complexity index is 1280. The predicted molar refractivity (Wildman–Crippen MR) is 133 cm³/mol. The fourth-order valence-electron chi connectivity index (χ4n) is 4.39. The number of fused-ring (bicyclic) bond motifs is 1. The molecule has 7 nitrogen and oxygen atoms in total. The minimum absolute atomic E-state index is 0.0836. The molecule has 1 N–H and O–H groups in total. The number of benzene rings is 3. The molecule has 178 valence electrons. The number of piperidine rings is 1. The predicted octanol–water partition coefficient (Wildman–Crippen LogP) is 4.43. The SMILES string of the molecule is O=C(COC(=O)c1ccccc1-c1nc2ccccc2o1)NC1CCN(Cc2ccccc2)CC1. The molecular weight excluding hydrogens is 442 g/mol. The largest absolute Gasteiger partial charge is 0.452 e. The summed E-state index contributed by atoms with van der Waals surface area (Å²) in [5.41, 5.74) is 3.47. The van der Waals surface area contributed by atoms with Gasteiger partial charge in [0, 0.05) is 25.7 Å². The number of esters is 1. The second-order valence-electron chi connectivity index (χ2n) is 8.71. The summed E-state index contributed by atoms with van der Waals surface area (Å²) in [6.45, 7) is 2.42. The summed E-state index contributed by atoms with van der Waals surface area (Å²) in [6.07, 6.45) is 1.74. The molecule has 1 fully saturated rings. The van der Waals surface area contributed by atoms with Crippen LogP contribution in [0.5, 0.6) is 0 Å². The van der Waals surface area contributed by atoms with Crippen LogP contribution >= 0.6 is 0 Å². The normalized spacial score (nSPS) is 14.6. The highest BCUT2D eigenvalue weighted by molar-refractivity contribution is 5.97. The van der Waals surface area contributed by atoms with E-state index >= 15 is 0 Å². The molecule has 5 rings (SSSR count). The molecule has 0 radical (unpaired) electrons. The third-order valence-electron chi connectivity index (χ3n) is 6.21. The number of amides is 1. The van der Waals surface area contributed by atoms with Crippen molar-refractivity contribution in [3.8, 4) is 11.5 Å². The molecule has 1 saturated heterocycles. The monoisotopic (exact) mass is 469 g/mol. The Labute approximate surface area is 203 Å². The zero-order valence-corrected chi connectivity index (χ0v) is 19.4. The number of hydrogen-bond donors (Lipinski definition) is 1. The molecule has 1 amide bonds. The van der Waals surface area contributed by atoms with Gasteiger partial charge >= 0.3 is 5.97 Å². The number of hydrogen-bond acceptors (Lipinski definition) is 6. The average molecular weight is 470 g/mol. The highest BCUT2D eigenvalue weighted by Crippen LogP contribution is 2.27. The maximum absolute atomic E-state index is 12.8. The van der Waals surface area contributed by atoms with Crippen LogP contribution in [0.4, 0.5) is 0 Å². The summed E-state index contributed by atoms with van der Waals surface area (Å²) in [4.78, 5) is 32.1. The van der Waals surface area contributed by atoms with Gasteiger partial charge in [-0.15, -0.1) is 0 Å². The molecule has 4 aromatic rings. The summed E-state index contributed by atoms with van der Waals surface area (Å²) >= 11 is 0. The van der Waals surface area contributed by atoms with Gasteiger partial charge in [-0.1, -0.05) is 54.6 Å². The summed E-state index contributed by atoms with van der Waals surface area (Å²) in [5, 5.41) is 3.00. The number of carbonyl (C=O) groups excluding carboxylic acids is 2. The number of nitrogens with zero attached hydrogens (tertiary/aromatic N) is 2. The Balaban J connectivity index is 1.13. The van der Waals surface area contributed by atoms with Crippen molar-refractivity contribution in [3.63, 3.8) is 0 Å². The van der Waals surface area contributed by atoms with Crippen LogP contribution in [0.3, 0.4) is 0 Å². The molecule has 0 bridgehead atoms. The second kappa shape index (κ2) is 10.5. The van der Waals surface area contributed by atoms with E-state index in [1.54, 1.807) is 24.3 Å². The van der Waals surface area contributed by atoms with E-state index in [-0.39, 0.29) is 18.6 Å². The average Bonchev–Trinajstić information content (AvgIpc) is 3.33. The quantitative estimate of drug-likeness (QED) is 0.403. The van der Waals surface area contributed by atoms with Gasteiger partial charge in [0.25, 0.3) is 5.91 Å². The van der Waals surface area contributed by atoms with Crippen molar-refractivity contribution >= 4 is 23.0 Å². The van der Waals surface area contributed by atoms with E-state index in [1.165, 1.54) is 5.56 Å². The molecule has 1 aromatic heterocycles. The second-order valence-corrected chi connectivity index (χ2v) is 8.71. The molecule has 0 spiro atoms. The lowest BCUT2D eigenvalue weighted by Gasteiger charge is -2.32. The summed E-state index contributed by atoms with van der Waals surface area (Å²) < 4.78 is 11.2. The maximum atomic E-state index is 12.8. The molecule has 0 aliphatic carbocycles. The smallest absolute Gasteiger partial charge is 0.339 e. The Kier molecular flexibility index (Phi) is 6.86. The zero-order chi connectivity index (χ0) is 24.0. The molecule has 35 heavy (non-hydrogen) atoms. The van der Waals surface area contributed by atoms with E-state index in [2.05, 4.69) is 39.5 Å². The van der Waals surface area contributed by atoms with E-state index in [0.29, 0.717) is 28.1 Å². The van der Waals surface area contributed by atoms with E-state index < -0.39 is 5.97 Å². The van der Waals surface area contributed by atoms with Gasteiger partial charge in [-0.05, 0) is 42.7 Å². The number of rotatable bonds is 7. The number of likely N-dealkylation sites (tertiary alicyclic amines) is 1. The van der Waals surface area contributed by atoms with Crippen molar-refractivity contribution in [2.45, 2.75) is 25.4 Å². The highest BCUT2D eigenvalue weighted by atomic mass is 16.5. The van der Waals surface area contributed by atoms with Crippen molar-refractivity contribution in [2.24, 2.45) is 0 Å². The lowest BCUT2D eigenvalue weighted by molar-refractivity contribution is -0.125. The van der Waals surface area contributed by atoms with Gasteiger partial charge < -0.3 is 14.5 Å². The number of ether oxygens (including phenoxy) is 1. The van der Waals surface area contributed by atoms with Crippen LogP contribution in [0, 0.1) is 0 Å². The minimum atomic E-state index is -0.587. The van der Waals surface area contributed by atoms with Crippen molar-refractivity contribution in [1.82, 2.24) is 15.2 Å². The highest BCUT2D eigenvalue weighted by Gasteiger charge is 2.22. The third kappa shape index (κ3) is 5.58. The first-order valence-corrected chi connectivity index (χ1v) is 11.8. The Hall–Kier alpha value is -3.97. The molecule has 7 heteroatoms. The molecule has 0 atom stereocenters. The van der Waals surface area contributed by atoms with Gasteiger partial charge in [-0.3, -0.25) is 9.69 Å². The topological polar surface area (TPSA) is 84.7 Å². The van der Waals surface area contributed by atoms with Crippen LogP contribution < -0.4 is 5.32 Å². The first-order chi connectivity index (χ1) is 17.2. The number of nitrogens with one attached hydrogen (secondary N) is 1. The van der Waals surface area contributed by atoms with Gasteiger partial charge in [0.15, 0.2) is 12.2 Å². The van der Waals surface area contributed by atoms with Crippen LogP contribution in [0.2, 0.25) is 0 Å². The molecular formula is C28H27N3O4. The van der Waals surface area contributed by atoms with E-state index in [1.807, 2.05) is 30.3 Å². The van der Waals surface area contributed by atoms with Gasteiger partial charge in [0.2, 0.25) is 5.89 Å². The molecule has 0 unspecified atom stereocenters. The van der Waals surface area contributed by atoms with Crippen LogP contribution in [0.1, 0.15) is 28.8 Å². The standard InChI is InChI=1S/C28H27N3O4/c32-26(29-21-14-16-31(17-15-21)18-20-8-2-1-3-9-20)19-34-28(33)23-11-5-4-10-22(23)27-30-24-12-6-7-13-25(24)35-27/h1-13,21H,14-19H2,(H,29,32).